The van der Waals surface area contributed by atoms with Gasteiger partial charge in [0.25, 0.3) is 0 Å². The standard InChI is InChI=1S/C20H23ClN2O3/c1-2-18(25)23(14-15-8-10-17(21)11-9-15)19(20(26)22-12-13-24)16-6-4-3-5-7-16/h3-11,19,24H,2,12-14H2,1H3,(H,22,26)/t19-/m0/s1. The monoisotopic (exact) mass is 374 g/mol. The van der Waals surface area contributed by atoms with Crippen molar-refractivity contribution in [1.82, 2.24) is 10.2 Å². The average Bonchev–Trinajstić information content (AvgIpc) is 2.67. The van der Waals surface area contributed by atoms with Crippen LogP contribution in [-0.4, -0.2) is 35.0 Å². The molecule has 6 heteroatoms. The Bertz CT molecular complexity index is 720. The molecule has 0 radical (unpaired) electrons. The van der Waals surface area contributed by atoms with Crippen molar-refractivity contribution in [3.8, 4) is 0 Å². The molecule has 5 nitrogen and oxygen atoms in total. The summed E-state index contributed by atoms with van der Waals surface area (Å²) in [6.45, 7) is 2.03. The van der Waals surface area contributed by atoms with Gasteiger partial charge in [0.05, 0.1) is 6.61 Å². The lowest BCUT2D eigenvalue weighted by Gasteiger charge is -2.31. The van der Waals surface area contributed by atoms with Gasteiger partial charge in [0.2, 0.25) is 11.8 Å². The lowest BCUT2D eigenvalue weighted by Crippen LogP contribution is -2.43. The average molecular weight is 375 g/mol. The van der Waals surface area contributed by atoms with Crippen LogP contribution in [0, 0.1) is 0 Å². The van der Waals surface area contributed by atoms with Gasteiger partial charge in [0.15, 0.2) is 0 Å². The Balaban J connectivity index is 2.38. The molecular weight excluding hydrogens is 352 g/mol. The van der Waals surface area contributed by atoms with Gasteiger partial charge in [-0.05, 0) is 23.3 Å². The fraction of sp³-hybridized carbons (Fsp3) is 0.300. The molecule has 0 saturated heterocycles. The predicted octanol–water partition coefficient (Wildman–Crippen LogP) is 2.93. The van der Waals surface area contributed by atoms with Crippen molar-refractivity contribution in [2.24, 2.45) is 0 Å². The third kappa shape index (κ3) is 5.31. The Morgan fingerprint density at radius 3 is 2.35 bits per heavy atom. The summed E-state index contributed by atoms with van der Waals surface area (Å²) in [5, 5.41) is 12.3. The van der Waals surface area contributed by atoms with Crippen LogP contribution in [0.15, 0.2) is 54.6 Å². The number of aliphatic hydroxyl groups is 1. The molecule has 2 amide bonds. The van der Waals surface area contributed by atoms with Crippen molar-refractivity contribution in [3.63, 3.8) is 0 Å². The van der Waals surface area contributed by atoms with Crippen LogP contribution in [0.5, 0.6) is 0 Å². The van der Waals surface area contributed by atoms with Gasteiger partial charge in [-0.2, -0.15) is 0 Å². The lowest BCUT2D eigenvalue weighted by atomic mass is 10.0. The lowest BCUT2D eigenvalue weighted by molar-refractivity contribution is -0.141. The van der Waals surface area contributed by atoms with E-state index in [1.54, 1.807) is 24.0 Å². The van der Waals surface area contributed by atoms with E-state index in [0.717, 1.165) is 11.1 Å². The molecule has 2 aromatic rings. The summed E-state index contributed by atoms with van der Waals surface area (Å²) < 4.78 is 0. The van der Waals surface area contributed by atoms with E-state index in [-0.39, 0.29) is 37.9 Å². The molecule has 138 valence electrons. The van der Waals surface area contributed by atoms with Gasteiger partial charge in [-0.1, -0.05) is 61.0 Å². The third-order valence-corrected chi connectivity index (χ3v) is 4.23. The maximum Gasteiger partial charge on any atom is 0.247 e. The first-order valence-electron chi connectivity index (χ1n) is 8.54. The Morgan fingerprint density at radius 2 is 1.77 bits per heavy atom. The van der Waals surface area contributed by atoms with Crippen molar-refractivity contribution in [2.75, 3.05) is 13.2 Å². The summed E-state index contributed by atoms with van der Waals surface area (Å²) in [5.41, 5.74) is 1.60. The first kappa shape index (κ1) is 19.9. The number of rotatable bonds is 8. The largest absolute Gasteiger partial charge is 0.395 e. The highest BCUT2D eigenvalue weighted by atomic mass is 35.5. The highest BCUT2D eigenvalue weighted by Gasteiger charge is 2.30. The summed E-state index contributed by atoms with van der Waals surface area (Å²) in [7, 11) is 0. The second-order valence-electron chi connectivity index (χ2n) is 5.83. The SMILES string of the molecule is CCC(=O)N(Cc1ccc(Cl)cc1)[C@H](C(=O)NCCO)c1ccccc1. The molecule has 0 bridgehead atoms. The summed E-state index contributed by atoms with van der Waals surface area (Å²) >= 11 is 5.94. The number of amides is 2. The normalized spacial score (nSPS) is 11.7. The van der Waals surface area contributed by atoms with E-state index in [1.165, 1.54) is 0 Å². The van der Waals surface area contributed by atoms with E-state index in [2.05, 4.69) is 5.32 Å². The summed E-state index contributed by atoms with van der Waals surface area (Å²) in [4.78, 5) is 27.0. The molecule has 0 aromatic heterocycles. The summed E-state index contributed by atoms with van der Waals surface area (Å²) in [6.07, 6.45) is 0.282. The fourth-order valence-electron chi connectivity index (χ4n) is 2.70. The number of nitrogens with one attached hydrogen (secondary N) is 1. The van der Waals surface area contributed by atoms with E-state index in [9.17, 15) is 9.59 Å². The van der Waals surface area contributed by atoms with Crippen LogP contribution in [0.3, 0.4) is 0 Å². The van der Waals surface area contributed by atoms with Gasteiger partial charge in [-0.15, -0.1) is 0 Å². The van der Waals surface area contributed by atoms with Crippen molar-refractivity contribution >= 4 is 23.4 Å². The van der Waals surface area contributed by atoms with Gasteiger partial charge in [-0.25, -0.2) is 0 Å². The van der Waals surface area contributed by atoms with E-state index in [0.29, 0.717) is 5.02 Å². The minimum absolute atomic E-state index is 0.132. The van der Waals surface area contributed by atoms with Crippen LogP contribution in [-0.2, 0) is 16.1 Å². The number of nitrogens with zero attached hydrogens (tertiary/aromatic N) is 1. The molecule has 0 spiro atoms. The number of hydrogen-bond donors (Lipinski definition) is 2. The number of halogens is 1. The van der Waals surface area contributed by atoms with Gasteiger partial charge in [0, 0.05) is 24.5 Å². The second kappa shape index (κ2) is 9.94. The molecule has 26 heavy (non-hydrogen) atoms. The number of carbonyl (C=O) groups excluding carboxylic acids is 2. The van der Waals surface area contributed by atoms with Crippen LogP contribution in [0.25, 0.3) is 0 Å². The molecule has 0 heterocycles. The van der Waals surface area contributed by atoms with Crippen molar-refractivity contribution in [3.05, 3.63) is 70.7 Å². The molecule has 0 saturated carbocycles. The Morgan fingerprint density at radius 1 is 1.12 bits per heavy atom. The maximum absolute atomic E-state index is 12.8. The zero-order chi connectivity index (χ0) is 18.9. The van der Waals surface area contributed by atoms with Crippen molar-refractivity contribution in [1.29, 1.82) is 0 Å². The summed E-state index contributed by atoms with van der Waals surface area (Å²) in [5.74, 6) is -0.450. The van der Waals surface area contributed by atoms with Gasteiger partial charge in [-0.3, -0.25) is 9.59 Å². The second-order valence-corrected chi connectivity index (χ2v) is 6.27. The van der Waals surface area contributed by atoms with E-state index < -0.39 is 6.04 Å². The Hall–Kier alpha value is -2.37. The zero-order valence-electron chi connectivity index (χ0n) is 14.7. The molecule has 0 aliphatic carbocycles. The van der Waals surface area contributed by atoms with Crippen molar-refractivity contribution < 1.29 is 14.7 Å². The number of aliphatic hydroxyl groups excluding tert-OH is 1. The van der Waals surface area contributed by atoms with Gasteiger partial charge >= 0.3 is 0 Å². The van der Waals surface area contributed by atoms with Crippen LogP contribution >= 0.6 is 11.6 Å². The predicted molar refractivity (Wildman–Crippen MR) is 102 cm³/mol. The quantitative estimate of drug-likeness (QED) is 0.746. The van der Waals surface area contributed by atoms with Crippen LogP contribution in [0.2, 0.25) is 5.02 Å². The van der Waals surface area contributed by atoms with Gasteiger partial charge < -0.3 is 15.3 Å². The first-order chi connectivity index (χ1) is 12.6. The molecule has 0 aliphatic heterocycles. The topological polar surface area (TPSA) is 69.6 Å². The molecule has 0 aliphatic rings. The summed E-state index contributed by atoms with van der Waals surface area (Å²) in [6, 6.07) is 15.6. The molecule has 1 atom stereocenters. The van der Waals surface area contributed by atoms with Crippen LogP contribution in [0.4, 0.5) is 0 Å². The van der Waals surface area contributed by atoms with E-state index >= 15 is 0 Å². The Labute approximate surface area is 158 Å². The smallest absolute Gasteiger partial charge is 0.247 e. The fourth-order valence-corrected chi connectivity index (χ4v) is 2.82. The third-order valence-electron chi connectivity index (χ3n) is 3.98. The number of benzene rings is 2. The van der Waals surface area contributed by atoms with Gasteiger partial charge in [0.1, 0.15) is 6.04 Å². The minimum atomic E-state index is -0.772. The molecule has 2 aromatic carbocycles. The van der Waals surface area contributed by atoms with Crippen LogP contribution < -0.4 is 5.32 Å². The number of carbonyl (C=O) groups is 2. The highest BCUT2D eigenvalue weighted by Crippen LogP contribution is 2.25. The van der Waals surface area contributed by atoms with Crippen molar-refractivity contribution in [2.45, 2.75) is 25.9 Å². The minimum Gasteiger partial charge on any atom is -0.395 e. The molecule has 0 fully saturated rings. The first-order valence-corrected chi connectivity index (χ1v) is 8.92. The molecule has 0 unspecified atom stereocenters. The van der Waals surface area contributed by atoms with Crippen LogP contribution in [0.1, 0.15) is 30.5 Å². The maximum atomic E-state index is 12.8. The highest BCUT2D eigenvalue weighted by molar-refractivity contribution is 6.30. The molecular formula is C20H23ClN2O3. The molecule has 2 rings (SSSR count). The Kier molecular flexibility index (Phi) is 7.63. The van der Waals surface area contributed by atoms with E-state index in [1.807, 2.05) is 42.5 Å². The zero-order valence-corrected chi connectivity index (χ0v) is 15.4. The molecule has 2 N–H and O–H groups in total. The van der Waals surface area contributed by atoms with E-state index in [4.69, 9.17) is 16.7 Å². The number of hydrogen-bond acceptors (Lipinski definition) is 3.